The summed E-state index contributed by atoms with van der Waals surface area (Å²) >= 11 is 7.82. The van der Waals surface area contributed by atoms with Crippen LogP contribution in [0.15, 0.2) is 24.3 Å². The van der Waals surface area contributed by atoms with Gasteiger partial charge in [-0.2, -0.15) is 0 Å². The van der Waals surface area contributed by atoms with Crippen LogP contribution in [0.1, 0.15) is 43.0 Å². The number of amides is 2. The first kappa shape index (κ1) is 23.4. The summed E-state index contributed by atoms with van der Waals surface area (Å²) in [6, 6.07) is 6.54. The molecule has 0 saturated carbocycles. The Morgan fingerprint density at radius 2 is 2.07 bits per heavy atom. The highest BCUT2D eigenvalue weighted by Crippen LogP contribution is 2.34. The average molecular weight is 454 g/mol. The van der Waals surface area contributed by atoms with Gasteiger partial charge in [0, 0.05) is 42.5 Å². The summed E-state index contributed by atoms with van der Waals surface area (Å²) < 4.78 is 5.37. The second-order valence-electron chi connectivity index (χ2n) is 7.77. The van der Waals surface area contributed by atoms with Gasteiger partial charge in [0.1, 0.15) is 6.04 Å². The lowest BCUT2D eigenvalue weighted by molar-refractivity contribution is -0.124. The molecule has 0 aliphatic carbocycles. The van der Waals surface area contributed by atoms with Crippen LogP contribution in [-0.2, 0) is 9.53 Å². The van der Waals surface area contributed by atoms with Crippen LogP contribution in [0.25, 0.3) is 0 Å². The number of nitrogens with one attached hydrogen (secondary N) is 1. The molecule has 2 fully saturated rings. The predicted octanol–water partition coefficient (Wildman–Crippen LogP) is 3.25. The minimum Gasteiger partial charge on any atom is -0.379 e. The van der Waals surface area contributed by atoms with Gasteiger partial charge < -0.3 is 15.0 Å². The van der Waals surface area contributed by atoms with E-state index in [1.54, 1.807) is 40.9 Å². The van der Waals surface area contributed by atoms with Gasteiger partial charge in [-0.1, -0.05) is 43.9 Å². The lowest BCUT2D eigenvalue weighted by atomic mass is 10.1. The van der Waals surface area contributed by atoms with E-state index >= 15 is 0 Å². The minimum atomic E-state index is -0.446. The Bertz CT molecular complexity index is 715. The Morgan fingerprint density at radius 3 is 2.80 bits per heavy atom. The number of thioether (sulfide) groups is 1. The largest absolute Gasteiger partial charge is 0.379 e. The average Bonchev–Trinajstić information content (AvgIpc) is 3.18. The fraction of sp³-hybridized carbons (Fsp3) is 0.636. The van der Waals surface area contributed by atoms with Crippen molar-refractivity contribution in [2.75, 3.05) is 45.1 Å². The number of rotatable bonds is 9. The quantitative estimate of drug-likeness (QED) is 0.581. The molecule has 2 unspecified atom stereocenters. The number of hydrogen-bond donors (Lipinski definition) is 1. The van der Waals surface area contributed by atoms with Gasteiger partial charge in [0.2, 0.25) is 5.91 Å². The lowest BCUT2D eigenvalue weighted by Crippen LogP contribution is -2.51. The molecule has 6 nitrogen and oxygen atoms in total. The summed E-state index contributed by atoms with van der Waals surface area (Å²) in [5.41, 5.74) is 0.539. The number of ether oxygens (including phenoxy) is 1. The van der Waals surface area contributed by atoms with Crippen molar-refractivity contribution in [1.82, 2.24) is 15.1 Å². The van der Waals surface area contributed by atoms with Crippen LogP contribution in [0, 0.1) is 0 Å². The number of unbranched alkanes of at least 4 members (excludes halogenated alkanes) is 2. The molecule has 0 aromatic heterocycles. The van der Waals surface area contributed by atoms with Gasteiger partial charge in [-0.15, -0.1) is 11.8 Å². The molecule has 2 aliphatic heterocycles. The number of hydrogen-bond acceptors (Lipinski definition) is 5. The molecular weight excluding hydrogens is 422 g/mol. The first-order valence-electron chi connectivity index (χ1n) is 10.9. The second-order valence-corrected chi connectivity index (χ2v) is 9.41. The van der Waals surface area contributed by atoms with Crippen molar-refractivity contribution in [3.8, 4) is 0 Å². The summed E-state index contributed by atoms with van der Waals surface area (Å²) in [6.45, 7) is 6.84. The van der Waals surface area contributed by atoms with Crippen LogP contribution in [0.4, 0.5) is 0 Å². The number of carbonyl (C=O) groups is 2. The van der Waals surface area contributed by atoms with Crippen molar-refractivity contribution in [3.05, 3.63) is 34.9 Å². The van der Waals surface area contributed by atoms with Gasteiger partial charge in [0.25, 0.3) is 5.91 Å². The van der Waals surface area contributed by atoms with E-state index < -0.39 is 6.04 Å². The van der Waals surface area contributed by atoms with Crippen molar-refractivity contribution in [3.63, 3.8) is 0 Å². The van der Waals surface area contributed by atoms with Crippen molar-refractivity contribution in [1.29, 1.82) is 0 Å². The molecule has 1 aromatic carbocycles. The van der Waals surface area contributed by atoms with Crippen molar-refractivity contribution in [2.45, 2.75) is 44.0 Å². The van der Waals surface area contributed by atoms with Crippen LogP contribution in [0.3, 0.4) is 0 Å². The molecule has 2 atom stereocenters. The first-order chi connectivity index (χ1) is 14.6. The third kappa shape index (κ3) is 6.36. The number of halogens is 1. The van der Waals surface area contributed by atoms with E-state index in [2.05, 4.69) is 17.1 Å². The van der Waals surface area contributed by atoms with E-state index in [1.165, 1.54) is 0 Å². The highest BCUT2D eigenvalue weighted by Gasteiger charge is 2.41. The van der Waals surface area contributed by atoms with Crippen LogP contribution in [-0.4, -0.2) is 78.2 Å². The topological polar surface area (TPSA) is 61.9 Å². The Kier molecular flexibility index (Phi) is 9.30. The smallest absolute Gasteiger partial charge is 0.255 e. The molecule has 30 heavy (non-hydrogen) atoms. The molecule has 166 valence electrons. The van der Waals surface area contributed by atoms with E-state index in [-0.39, 0.29) is 17.2 Å². The van der Waals surface area contributed by atoms with Crippen molar-refractivity contribution in [2.24, 2.45) is 0 Å². The number of benzene rings is 1. The molecule has 1 N–H and O–H groups in total. The van der Waals surface area contributed by atoms with E-state index in [1.807, 2.05) is 0 Å². The Labute approximate surface area is 188 Å². The standard InChI is InChI=1S/C22H32ClN3O3S/c1-2-3-4-8-20-26(22(28)17-6-5-7-18(23)15-17)19(16-30-20)21(27)24-9-10-25-11-13-29-14-12-25/h5-7,15,19-20H,2-4,8-14,16H2,1H3,(H,24,27). The molecule has 0 bridgehead atoms. The highest BCUT2D eigenvalue weighted by atomic mass is 35.5. The molecule has 8 heteroatoms. The van der Waals surface area contributed by atoms with Gasteiger partial charge in [-0.05, 0) is 24.6 Å². The van der Waals surface area contributed by atoms with Crippen LogP contribution >= 0.6 is 23.4 Å². The molecule has 0 radical (unpaired) electrons. The van der Waals surface area contributed by atoms with Crippen molar-refractivity contribution < 1.29 is 14.3 Å². The Balaban J connectivity index is 1.64. The molecule has 0 spiro atoms. The van der Waals surface area contributed by atoms with E-state index in [9.17, 15) is 9.59 Å². The number of morpholine rings is 1. The zero-order valence-electron chi connectivity index (χ0n) is 17.6. The molecule has 2 heterocycles. The van der Waals surface area contributed by atoms with Crippen LogP contribution < -0.4 is 5.32 Å². The maximum atomic E-state index is 13.3. The molecular formula is C22H32ClN3O3S. The van der Waals surface area contributed by atoms with E-state index in [0.717, 1.165) is 58.5 Å². The Hall–Kier alpha value is -1.28. The summed E-state index contributed by atoms with van der Waals surface area (Å²) in [4.78, 5) is 30.4. The predicted molar refractivity (Wildman–Crippen MR) is 122 cm³/mol. The van der Waals surface area contributed by atoms with Gasteiger partial charge in [-0.25, -0.2) is 0 Å². The first-order valence-corrected chi connectivity index (χ1v) is 12.3. The normalized spacial score (nSPS) is 22.3. The minimum absolute atomic E-state index is 0.0259. The lowest BCUT2D eigenvalue weighted by Gasteiger charge is -2.30. The van der Waals surface area contributed by atoms with E-state index in [0.29, 0.717) is 22.9 Å². The monoisotopic (exact) mass is 453 g/mol. The Morgan fingerprint density at radius 1 is 1.27 bits per heavy atom. The maximum absolute atomic E-state index is 13.3. The van der Waals surface area contributed by atoms with Gasteiger partial charge in [0.05, 0.1) is 18.6 Å². The second kappa shape index (κ2) is 11.9. The van der Waals surface area contributed by atoms with E-state index in [4.69, 9.17) is 16.3 Å². The fourth-order valence-corrected chi connectivity index (χ4v) is 5.52. The zero-order valence-corrected chi connectivity index (χ0v) is 19.2. The van der Waals surface area contributed by atoms with Crippen molar-refractivity contribution >= 4 is 35.2 Å². The van der Waals surface area contributed by atoms with Gasteiger partial charge >= 0.3 is 0 Å². The third-order valence-corrected chi connectivity index (χ3v) is 7.18. The zero-order chi connectivity index (χ0) is 21.3. The van der Waals surface area contributed by atoms with Crippen LogP contribution in [0.5, 0.6) is 0 Å². The summed E-state index contributed by atoms with van der Waals surface area (Å²) in [7, 11) is 0. The SMILES string of the molecule is CCCCCC1SCC(C(=O)NCCN2CCOCC2)N1C(=O)c1cccc(Cl)c1. The van der Waals surface area contributed by atoms with Gasteiger partial charge in [-0.3, -0.25) is 14.5 Å². The molecule has 1 aromatic rings. The number of carbonyl (C=O) groups excluding carboxylic acids is 2. The third-order valence-electron chi connectivity index (χ3n) is 5.59. The van der Waals surface area contributed by atoms with Gasteiger partial charge in [0.15, 0.2) is 0 Å². The highest BCUT2D eigenvalue weighted by molar-refractivity contribution is 8.00. The molecule has 2 saturated heterocycles. The fourth-order valence-electron chi connectivity index (χ4n) is 3.88. The van der Waals surface area contributed by atoms with Crippen LogP contribution in [0.2, 0.25) is 5.02 Å². The molecule has 3 rings (SSSR count). The summed E-state index contributed by atoms with van der Waals surface area (Å²) in [6.07, 6.45) is 4.22. The molecule has 2 amide bonds. The maximum Gasteiger partial charge on any atom is 0.255 e. The summed E-state index contributed by atoms with van der Waals surface area (Å²) in [5, 5.41) is 3.61. The molecule has 2 aliphatic rings. The summed E-state index contributed by atoms with van der Waals surface area (Å²) in [5.74, 6) is 0.452. The number of nitrogens with zero attached hydrogens (tertiary/aromatic N) is 2.